The maximum Gasteiger partial charge on any atom is 0.308 e. The van der Waals surface area contributed by atoms with E-state index in [-0.39, 0.29) is 37.0 Å². The van der Waals surface area contributed by atoms with Crippen LogP contribution in [0.1, 0.15) is 68.7 Å². The Labute approximate surface area is 258 Å². The van der Waals surface area contributed by atoms with Gasteiger partial charge in [-0.1, -0.05) is 38.8 Å². The van der Waals surface area contributed by atoms with Crippen molar-refractivity contribution in [2.24, 2.45) is 5.92 Å². The normalized spacial score (nSPS) is 19.4. The van der Waals surface area contributed by atoms with Crippen molar-refractivity contribution in [2.75, 3.05) is 24.8 Å². The highest BCUT2D eigenvalue weighted by Gasteiger charge is 2.47. The molecule has 3 aromatic rings. The van der Waals surface area contributed by atoms with Crippen LogP contribution in [0.5, 0.6) is 11.5 Å². The largest absolute Gasteiger partial charge is 0.481 e. The molecule has 0 saturated carbocycles. The quantitative estimate of drug-likeness (QED) is 0.243. The van der Waals surface area contributed by atoms with Gasteiger partial charge >= 0.3 is 5.97 Å². The lowest BCUT2D eigenvalue weighted by Gasteiger charge is -2.35. The van der Waals surface area contributed by atoms with Crippen LogP contribution in [0.25, 0.3) is 0 Å². The highest BCUT2D eigenvalue weighted by molar-refractivity contribution is 5.95. The molecule has 1 N–H and O–H groups in total. The molecule has 44 heavy (non-hydrogen) atoms. The summed E-state index contributed by atoms with van der Waals surface area (Å²) >= 11 is 0. The van der Waals surface area contributed by atoms with E-state index in [9.17, 15) is 19.1 Å². The lowest BCUT2D eigenvalue weighted by Crippen LogP contribution is -2.48. The first-order valence-electron chi connectivity index (χ1n) is 15.6. The van der Waals surface area contributed by atoms with Crippen LogP contribution in [-0.4, -0.2) is 58.8 Å². The minimum atomic E-state index is -0.894. The fraction of sp³-hybridized carbons (Fsp3) is 0.457. The number of aryl methyl sites for hydroxylation is 2. The lowest BCUT2D eigenvalue weighted by atomic mass is 9.83. The number of carbonyl (C=O) groups excluding carboxylic acids is 1. The number of amides is 1. The van der Waals surface area contributed by atoms with Gasteiger partial charge in [-0.15, -0.1) is 0 Å². The Bertz CT molecular complexity index is 1450. The van der Waals surface area contributed by atoms with Gasteiger partial charge < -0.3 is 19.5 Å². The number of nitrogens with zero attached hydrogens (tertiary/aromatic N) is 3. The van der Waals surface area contributed by atoms with Crippen molar-refractivity contribution in [2.45, 2.75) is 77.3 Å². The highest BCUT2D eigenvalue weighted by atomic mass is 19.1. The van der Waals surface area contributed by atoms with E-state index in [1.807, 2.05) is 46.2 Å². The molecule has 0 bridgehead atoms. The summed E-state index contributed by atoms with van der Waals surface area (Å²) in [5.74, 6) is -1.17. The second kappa shape index (κ2) is 14.2. The molecule has 1 amide bonds. The van der Waals surface area contributed by atoms with E-state index in [0.717, 1.165) is 36.9 Å². The Morgan fingerprint density at radius 1 is 1.07 bits per heavy atom. The van der Waals surface area contributed by atoms with Crippen molar-refractivity contribution in [1.82, 2.24) is 9.88 Å². The number of carboxylic acids is 1. The minimum absolute atomic E-state index is 0.0446. The van der Waals surface area contributed by atoms with Gasteiger partial charge in [-0.2, -0.15) is 0 Å². The van der Waals surface area contributed by atoms with Crippen LogP contribution >= 0.6 is 0 Å². The van der Waals surface area contributed by atoms with Crippen LogP contribution in [0.4, 0.5) is 10.1 Å². The van der Waals surface area contributed by atoms with E-state index in [0.29, 0.717) is 42.1 Å². The van der Waals surface area contributed by atoms with E-state index < -0.39 is 17.9 Å². The predicted octanol–water partition coefficient (Wildman–Crippen LogP) is 6.36. The number of pyridine rings is 1. The van der Waals surface area contributed by atoms with Crippen LogP contribution in [0.2, 0.25) is 0 Å². The Morgan fingerprint density at radius 3 is 2.52 bits per heavy atom. The second-order valence-corrected chi connectivity index (χ2v) is 11.9. The Morgan fingerprint density at radius 2 is 1.84 bits per heavy atom. The molecule has 234 valence electrons. The monoisotopic (exact) mass is 603 g/mol. The number of hydrogen-bond acceptors (Lipinski definition) is 6. The zero-order chi connectivity index (χ0) is 31.2. The molecule has 5 rings (SSSR count). The number of anilines is 1. The number of ether oxygens (including phenoxy) is 2. The van der Waals surface area contributed by atoms with Crippen LogP contribution in [0.15, 0.2) is 60.8 Å². The number of carbonyl (C=O) groups is 2. The predicted molar refractivity (Wildman–Crippen MR) is 167 cm³/mol. The van der Waals surface area contributed by atoms with E-state index in [1.54, 1.807) is 25.3 Å². The molecule has 9 heteroatoms. The average molecular weight is 604 g/mol. The summed E-state index contributed by atoms with van der Waals surface area (Å²) in [6.07, 6.45) is 6.29. The summed E-state index contributed by atoms with van der Waals surface area (Å²) in [7, 11) is 0. The highest BCUT2D eigenvalue weighted by Crippen LogP contribution is 2.43. The van der Waals surface area contributed by atoms with Gasteiger partial charge in [-0.3, -0.25) is 19.5 Å². The maximum absolute atomic E-state index is 14.4. The Hall–Kier alpha value is -3.98. The number of fused-ring (bicyclic) bond motifs is 1. The SMILES string of the molecule is CCCC(CCC)N(C(=O)CN1CC(c2ccc3c(c2)OCO3)[C@H](C(=O)O)[C@H]1CCc1ccccn1)c1ccc(F)c(C)c1. The molecular formula is C35H42FN3O5. The molecule has 0 radical (unpaired) electrons. The van der Waals surface area contributed by atoms with Crippen molar-refractivity contribution in [3.63, 3.8) is 0 Å². The standard InChI is InChI=1S/C35H42FN3O5/c1-4-8-26(9-5-2)39(27-13-14-29(36)23(3)18-27)33(40)21-38-20-28(24-11-16-31-32(19-24)44-22-43-31)34(35(41)42)30(38)15-12-25-10-6-7-17-37-25/h6-7,10-11,13-14,16-19,26,28,30,34H,4-5,8-9,12,15,20-22H2,1-3H3,(H,41,42)/t28?,30-,34+/m1/s1. The fourth-order valence-corrected chi connectivity index (χ4v) is 6.83. The first-order chi connectivity index (χ1) is 21.3. The summed E-state index contributed by atoms with van der Waals surface area (Å²) < 4.78 is 25.4. The molecule has 3 atom stereocenters. The molecule has 2 aliphatic rings. The number of aliphatic carboxylic acids is 1. The Balaban J connectivity index is 1.49. The van der Waals surface area contributed by atoms with Crippen molar-refractivity contribution in [3.8, 4) is 11.5 Å². The van der Waals surface area contributed by atoms with Crippen LogP contribution < -0.4 is 14.4 Å². The van der Waals surface area contributed by atoms with E-state index in [1.165, 1.54) is 6.07 Å². The number of hydrogen-bond donors (Lipinski definition) is 1. The van der Waals surface area contributed by atoms with Crippen molar-refractivity contribution < 1.29 is 28.6 Å². The lowest BCUT2D eigenvalue weighted by molar-refractivity contribution is -0.143. The third-order valence-electron chi connectivity index (χ3n) is 8.92. The summed E-state index contributed by atoms with van der Waals surface area (Å²) in [6, 6.07) is 15.7. The molecule has 1 fully saturated rings. The minimum Gasteiger partial charge on any atom is -0.481 e. The number of rotatable bonds is 13. The molecule has 1 saturated heterocycles. The van der Waals surface area contributed by atoms with E-state index >= 15 is 0 Å². The van der Waals surface area contributed by atoms with E-state index in [2.05, 4.69) is 18.8 Å². The van der Waals surface area contributed by atoms with Gasteiger partial charge in [-0.05, 0) is 86.2 Å². The van der Waals surface area contributed by atoms with Gasteiger partial charge in [0.05, 0.1) is 12.5 Å². The molecule has 2 aliphatic heterocycles. The number of benzene rings is 2. The zero-order valence-corrected chi connectivity index (χ0v) is 25.7. The van der Waals surface area contributed by atoms with Gasteiger partial charge in [0.1, 0.15) is 5.82 Å². The number of aromatic nitrogens is 1. The van der Waals surface area contributed by atoms with Gasteiger partial charge in [-0.25, -0.2) is 4.39 Å². The molecule has 1 aromatic heterocycles. The van der Waals surface area contributed by atoms with Crippen molar-refractivity contribution >= 4 is 17.6 Å². The van der Waals surface area contributed by atoms with Crippen LogP contribution in [0, 0.1) is 18.7 Å². The van der Waals surface area contributed by atoms with Gasteiger partial charge in [0.25, 0.3) is 0 Å². The third kappa shape index (κ3) is 6.88. The van der Waals surface area contributed by atoms with Gasteiger partial charge in [0.15, 0.2) is 11.5 Å². The number of likely N-dealkylation sites (tertiary alicyclic amines) is 1. The average Bonchev–Trinajstić information content (AvgIpc) is 3.63. The molecule has 8 nitrogen and oxygen atoms in total. The molecule has 2 aromatic carbocycles. The molecule has 3 heterocycles. The van der Waals surface area contributed by atoms with Crippen LogP contribution in [-0.2, 0) is 16.0 Å². The maximum atomic E-state index is 14.4. The van der Waals surface area contributed by atoms with Crippen LogP contribution in [0.3, 0.4) is 0 Å². The second-order valence-electron chi connectivity index (χ2n) is 11.9. The first-order valence-corrected chi connectivity index (χ1v) is 15.6. The topological polar surface area (TPSA) is 92.2 Å². The summed E-state index contributed by atoms with van der Waals surface area (Å²) in [5, 5.41) is 10.6. The smallest absolute Gasteiger partial charge is 0.308 e. The molecule has 0 spiro atoms. The Kier molecular flexibility index (Phi) is 10.1. The first kappa shape index (κ1) is 31.4. The third-order valence-corrected chi connectivity index (χ3v) is 8.92. The fourth-order valence-electron chi connectivity index (χ4n) is 6.83. The number of carboxylic acid groups (broad SMARTS) is 1. The molecule has 1 unspecified atom stereocenters. The number of halogens is 1. The summed E-state index contributed by atoms with van der Waals surface area (Å²) in [4.78, 5) is 35.6. The van der Waals surface area contributed by atoms with Crippen molar-refractivity contribution in [3.05, 3.63) is 83.4 Å². The van der Waals surface area contributed by atoms with Gasteiger partial charge in [0, 0.05) is 42.1 Å². The summed E-state index contributed by atoms with van der Waals surface area (Å²) in [5.41, 5.74) is 2.88. The van der Waals surface area contributed by atoms with Crippen molar-refractivity contribution in [1.29, 1.82) is 0 Å². The molecule has 0 aliphatic carbocycles. The van der Waals surface area contributed by atoms with Gasteiger partial charge in [0.2, 0.25) is 12.7 Å². The molecular weight excluding hydrogens is 561 g/mol. The summed E-state index contributed by atoms with van der Waals surface area (Å²) in [6.45, 7) is 6.49. The van der Waals surface area contributed by atoms with E-state index in [4.69, 9.17) is 9.47 Å². The zero-order valence-electron chi connectivity index (χ0n) is 25.7.